The highest BCUT2D eigenvalue weighted by Gasteiger charge is 2.05. The van der Waals surface area contributed by atoms with Crippen LogP contribution >= 0.6 is 0 Å². The molecular weight excluding hydrogens is 250 g/mol. The van der Waals surface area contributed by atoms with Gasteiger partial charge >= 0.3 is 0 Å². The summed E-state index contributed by atoms with van der Waals surface area (Å²) in [6.07, 6.45) is 5.83. The molecular formula is C13H19NO3S. The van der Waals surface area contributed by atoms with Crippen molar-refractivity contribution in [1.82, 2.24) is 0 Å². The number of allylic oxidation sites excluding steroid dienone is 1. The number of anilines is 1. The van der Waals surface area contributed by atoms with Crippen LogP contribution in [0.2, 0.25) is 0 Å². The number of nitrogens with one attached hydrogen (secondary N) is 1. The molecule has 18 heavy (non-hydrogen) atoms. The highest BCUT2D eigenvalue weighted by atomic mass is 32.2. The third-order valence-electron chi connectivity index (χ3n) is 2.37. The summed E-state index contributed by atoms with van der Waals surface area (Å²) in [6, 6.07) is 5.50. The Morgan fingerprint density at radius 3 is 2.67 bits per heavy atom. The van der Waals surface area contributed by atoms with Crippen molar-refractivity contribution in [3.05, 3.63) is 35.4 Å². The van der Waals surface area contributed by atoms with Crippen molar-refractivity contribution in [1.29, 1.82) is 0 Å². The molecule has 0 amide bonds. The van der Waals surface area contributed by atoms with Gasteiger partial charge in [-0.3, -0.25) is 4.72 Å². The zero-order valence-corrected chi connectivity index (χ0v) is 11.8. The van der Waals surface area contributed by atoms with Crippen LogP contribution in [0.15, 0.2) is 24.3 Å². The van der Waals surface area contributed by atoms with Crippen molar-refractivity contribution >= 4 is 21.8 Å². The second-order valence-corrected chi connectivity index (χ2v) is 5.78. The number of methoxy groups -OCH3 is 1. The van der Waals surface area contributed by atoms with Gasteiger partial charge in [0.1, 0.15) is 0 Å². The quantitative estimate of drug-likeness (QED) is 0.862. The Labute approximate surface area is 109 Å². The summed E-state index contributed by atoms with van der Waals surface area (Å²) in [6.45, 7) is 2.55. The molecule has 0 radical (unpaired) electrons. The average molecular weight is 269 g/mol. The van der Waals surface area contributed by atoms with E-state index in [1.807, 2.05) is 31.2 Å². The normalized spacial score (nSPS) is 11.9. The van der Waals surface area contributed by atoms with Crippen LogP contribution in [0.5, 0.6) is 0 Å². The zero-order valence-electron chi connectivity index (χ0n) is 10.9. The molecule has 0 aliphatic carbocycles. The van der Waals surface area contributed by atoms with Gasteiger partial charge in [-0.05, 0) is 36.6 Å². The number of sulfonamides is 1. The summed E-state index contributed by atoms with van der Waals surface area (Å²) in [5, 5.41) is 0. The maximum Gasteiger partial charge on any atom is 0.229 e. The van der Waals surface area contributed by atoms with Gasteiger partial charge in [-0.1, -0.05) is 18.2 Å². The lowest BCUT2D eigenvalue weighted by molar-refractivity contribution is 0.202. The lowest BCUT2D eigenvalue weighted by Gasteiger charge is -2.10. The van der Waals surface area contributed by atoms with Gasteiger partial charge in [0.05, 0.1) is 12.9 Å². The van der Waals surface area contributed by atoms with Gasteiger partial charge < -0.3 is 4.74 Å². The molecule has 0 saturated carbocycles. The Morgan fingerprint density at radius 2 is 2.11 bits per heavy atom. The van der Waals surface area contributed by atoms with Crippen molar-refractivity contribution in [2.45, 2.75) is 13.3 Å². The molecule has 1 aromatic carbocycles. The Bertz CT molecular complexity index is 521. The molecule has 0 fully saturated rings. The van der Waals surface area contributed by atoms with E-state index in [1.54, 1.807) is 13.2 Å². The van der Waals surface area contributed by atoms with Crippen molar-refractivity contribution in [3.63, 3.8) is 0 Å². The first-order chi connectivity index (χ1) is 8.46. The zero-order chi connectivity index (χ0) is 13.6. The fourth-order valence-corrected chi connectivity index (χ4v) is 2.21. The van der Waals surface area contributed by atoms with Crippen molar-refractivity contribution in [2.75, 3.05) is 24.7 Å². The van der Waals surface area contributed by atoms with E-state index in [0.29, 0.717) is 12.3 Å². The van der Waals surface area contributed by atoms with Crippen LogP contribution in [-0.4, -0.2) is 28.4 Å². The first-order valence-corrected chi connectivity index (χ1v) is 7.57. The molecule has 1 aromatic rings. The van der Waals surface area contributed by atoms with Crippen LogP contribution < -0.4 is 4.72 Å². The standard InChI is InChI=1S/C13H19NO3S/c1-4-5-11-6-7-13(14-18(3,15)16)10-12(11)8-9-17-2/h4-7,10,14H,8-9H2,1-3H3/b5-4+. The van der Waals surface area contributed by atoms with Gasteiger partial charge in [-0.15, -0.1) is 0 Å². The van der Waals surface area contributed by atoms with E-state index < -0.39 is 10.0 Å². The minimum atomic E-state index is -3.24. The van der Waals surface area contributed by atoms with Crippen LogP contribution in [-0.2, 0) is 21.2 Å². The first kappa shape index (κ1) is 14.7. The number of rotatable bonds is 6. The van der Waals surface area contributed by atoms with Gasteiger partial charge in [0.25, 0.3) is 0 Å². The Balaban J connectivity index is 3.04. The predicted octanol–water partition coefficient (Wildman–Crippen LogP) is 2.28. The van der Waals surface area contributed by atoms with Gasteiger partial charge in [0.15, 0.2) is 0 Å². The summed E-state index contributed by atoms with van der Waals surface area (Å²) in [7, 11) is -1.59. The second kappa shape index (κ2) is 6.56. The second-order valence-electron chi connectivity index (χ2n) is 4.03. The Kier molecular flexibility index (Phi) is 5.37. The summed E-state index contributed by atoms with van der Waals surface area (Å²) >= 11 is 0. The van der Waals surface area contributed by atoms with Crippen molar-refractivity contribution in [3.8, 4) is 0 Å². The maximum absolute atomic E-state index is 11.2. The lowest BCUT2D eigenvalue weighted by Crippen LogP contribution is -2.10. The molecule has 0 heterocycles. The molecule has 0 atom stereocenters. The van der Waals surface area contributed by atoms with Crippen LogP contribution in [0.1, 0.15) is 18.1 Å². The van der Waals surface area contributed by atoms with Crippen molar-refractivity contribution < 1.29 is 13.2 Å². The molecule has 1 rings (SSSR count). The monoisotopic (exact) mass is 269 g/mol. The van der Waals surface area contributed by atoms with E-state index in [4.69, 9.17) is 4.74 Å². The molecule has 0 unspecified atom stereocenters. The Morgan fingerprint density at radius 1 is 1.39 bits per heavy atom. The Hall–Kier alpha value is -1.33. The molecule has 0 aliphatic heterocycles. The average Bonchev–Trinajstić information content (AvgIpc) is 2.27. The van der Waals surface area contributed by atoms with E-state index in [-0.39, 0.29) is 0 Å². The molecule has 0 aromatic heterocycles. The number of hydrogen-bond acceptors (Lipinski definition) is 3. The summed E-state index contributed by atoms with van der Waals surface area (Å²) in [4.78, 5) is 0. The minimum Gasteiger partial charge on any atom is -0.384 e. The molecule has 0 spiro atoms. The van der Waals surface area contributed by atoms with Gasteiger partial charge in [-0.25, -0.2) is 8.42 Å². The number of ether oxygens (including phenoxy) is 1. The van der Waals surface area contributed by atoms with E-state index in [1.165, 1.54) is 0 Å². The summed E-state index contributed by atoms with van der Waals surface area (Å²) in [5.41, 5.74) is 2.72. The molecule has 0 aliphatic rings. The number of benzene rings is 1. The SMILES string of the molecule is C/C=C/c1ccc(NS(C)(=O)=O)cc1CCOC. The molecule has 0 saturated heterocycles. The van der Waals surface area contributed by atoms with E-state index in [9.17, 15) is 8.42 Å². The third-order valence-corrected chi connectivity index (χ3v) is 2.97. The fourth-order valence-electron chi connectivity index (χ4n) is 1.65. The fraction of sp³-hybridized carbons (Fsp3) is 0.385. The predicted molar refractivity (Wildman–Crippen MR) is 75.2 cm³/mol. The minimum absolute atomic E-state index is 0.580. The molecule has 5 heteroatoms. The van der Waals surface area contributed by atoms with Gasteiger partial charge in [0.2, 0.25) is 10.0 Å². The summed E-state index contributed by atoms with van der Waals surface area (Å²) < 4.78 is 29.9. The van der Waals surface area contributed by atoms with Gasteiger partial charge in [0, 0.05) is 12.8 Å². The van der Waals surface area contributed by atoms with Crippen LogP contribution in [0.3, 0.4) is 0 Å². The smallest absolute Gasteiger partial charge is 0.229 e. The highest BCUT2D eigenvalue weighted by molar-refractivity contribution is 7.92. The van der Waals surface area contributed by atoms with Crippen LogP contribution in [0.4, 0.5) is 5.69 Å². The molecule has 0 bridgehead atoms. The largest absolute Gasteiger partial charge is 0.384 e. The van der Waals surface area contributed by atoms with Crippen LogP contribution in [0.25, 0.3) is 6.08 Å². The topological polar surface area (TPSA) is 55.4 Å². The maximum atomic E-state index is 11.2. The molecule has 1 N–H and O–H groups in total. The van der Waals surface area contributed by atoms with E-state index >= 15 is 0 Å². The number of hydrogen-bond donors (Lipinski definition) is 1. The third kappa shape index (κ3) is 4.89. The van der Waals surface area contributed by atoms with E-state index in [2.05, 4.69) is 4.72 Å². The summed E-state index contributed by atoms with van der Waals surface area (Å²) in [5.74, 6) is 0. The van der Waals surface area contributed by atoms with Crippen molar-refractivity contribution in [2.24, 2.45) is 0 Å². The van der Waals surface area contributed by atoms with E-state index in [0.717, 1.165) is 23.8 Å². The van der Waals surface area contributed by atoms with Crippen LogP contribution in [0, 0.1) is 0 Å². The van der Waals surface area contributed by atoms with Gasteiger partial charge in [-0.2, -0.15) is 0 Å². The first-order valence-electron chi connectivity index (χ1n) is 5.68. The highest BCUT2D eigenvalue weighted by Crippen LogP contribution is 2.19. The molecule has 100 valence electrons. The molecule has 4 nitrogen and oxygen atoms in total. The lowest BCUT2D eigenvalue weighted by atomic mass is 10.0.